The van der Waals surface area contributed by atoms with Gasteiger partial charge in [-0.2, -0.15) is 0 Å². The van der Waals surface area contributed by atoms with E-state index >= 15 is 0 Å². The summed E-state index contributed by atoms with van der Waals surface area (Å²) in [5.41, 5.74) is 2.25. The van der Waals surface area contributed by atoms with Gasteiger partial charge in [0.25, 0.3) is 5.91 Å². The van der Waals surface area contributed by atoms with E-state index in [1.54, 1.807) is 24.3 Å². The topological polar surface area (TPSA) is 52.7 Å². The van der Waals surface area contributed by atoms with Crippen LogP contribution in [0.4, 0.5) is 5.69 Å². The zero-order chi connectivity index (χ0) is 23.2. The molecule has 1 unspecified atom stereocenters. The van der Waals surface area contributed by atoms with E-state index in [0.29, 0.717) is 41.8 Å². The molecule has 1 saturated heterocycles. The van der Waals surface area contributed by atoms with Crippen molar-refractivity contribution in [2.45, 2.75) is 12.5 Å². The van der Waals surface area contributed by atoms with Crippen molar-refractivity contribution in [3.05, 3.63) is 100 Å². The van der Waals surface area contributed by atoms with Gasteiger partial charge >= 0.3 is 0 Å². The second-order valence-electron chi connectivity index (χ2n) is 7.94. The minimum Gasteiger partial charge on any atom is -0.367 e. The molecule has 7 heteroatoms. The molecule has 1 heterocycles. The highest BCUT2D eigenvalue weighted by molar-refractivity contribution is 6.34. The standard InChI is InChI=1S/C26H25Cl2N3O2/c27-21-11-5-4-10-20(21)26(33)29-23(19-8-2-1-3-9-19)18-25(32)31-16-14-30(15-17-31)24-13-7-6-12-22(24)28/h1-13,23H,14-18H2,(H,29,33). The predicted octanol–water partition coefficient (Wildman–Crippen LogP) is 5.20. The van der Waals surface area contributed by atoms with Crippen molar-refractivity contribution >= 4 is 40.7 Å². The number of carbonyl (C=O) groups excluding carboxylic acids is 2. The van der Waals surface area contributed by atoms with E-state index in [4.69, 9.17) is 23.2 Å². The third kappa shape index (κ3) is 5.67. The third-order valence-electron chi connectivity index (χ3n) is 5.83. The lowest BCUT2D eigenvalue weighted by Gasteiger charge is -2.37. The fraction of sp³-hybridized carbons (Fsp3) is 0.231. The molecule has 170 valence electrons. The van der Waals surface area contributed by atoms with Crippen LogP contribution in [-0.4, -0.2) is 42.9 Å². The molecule has 0 spiro atoms. The smallest absolute Gasteiger partial charge is 0.253 e. The quantitative estimate of drug-likeness (QED) is 0.525. The monoisotopic (exact) mass is 481 g/mol. The summed E-state index contributed by atoms with van der Waals surface area (Å²) in [6.07, 6.45) is 0.173. The summed E-state index contributed by atoms with van der Waals surface area (Å²) >= 11 is 12.5. The minimum atomic E-state index is -0.455. The lowest BCUT2D eigenvalue weighted by atomic mass is 10.0. The number of halogens is 2. The number of para-hydroxylation sites is 1. The van der Waals surface area contributed by atoms with Crippen molar-refractivity contribution in [3.8, 4) is 0 Å². The summed E-state index contributed by atoms with van der Waals surface area (Å²) in [6, 6.07) is 23.7. The zero-order valence-corrected chi connectivity index (χ0v) is 19.6. The van der Waals surface area contributed by atoms with E-state index in [1.165, 1.54) is 0 Å². The van der Waals surface area contributed by atoms with Gasteiger partial charge in [-0.15, -0.1) is 0 Å². The summed E-state index contributed by atoms with van der Waals surface area (Å²) in [5.74, 6) is -0.298. The lowest BCUT2D eigenvalue weighted by molar-refractivity contribution is -0.132. The normalized spacial score (nSPS) is 14.6. The molecule has 5 nitrogen and oxygen atoms in total. The molecule has 1 aliphatic rings. The number of amides is 2. The molecular weight excluding hydrogens is 457 g/mol. The number of benzene rings is 3. The minimum absolute atomic E-state index is 0.00196. The SMILES string of the molecule is O=C(NC(CC(=O)N1CCN(c2ccccc2Cl)CC1)c1ccccc1)c1ccccc1Cl. The molecule has 33 heavy (non-hydrogen) atoms. The highest BCUT2D eigenvalue weighted by atomic mass is 35.5. The van der Waals surface area contributed by atoms with Crippen LogP contribution in [0.5, 0.6) is 0 Å². The molecule has 4 rings (SSSR count). The fourth-order valence-electron chi connectivity index (χ4n) is 4.03. The van der Waals surface area contributed by atoms with Crippen LogP contribution in [0.1, 0.15) is 28.4 Å². The number of hydrogen-bond acceptors (Lipinski definition) is 3. The van der Waals surface area contributed by atoms with Gasteiger partial charge in [-0.25, -0.2) is 0 Å². The van der Waals surface area contributed by atoms with Gasteiger partial charge in [0.15, 0.2) is 0 Å². The maximum atomic E-state index is 13.2. The molecule has 0 aliphatic carbocycles. The Labute approximate surface area is 203 Å². The Morgan fingerprint density at radius 3 is 2.06 bits per heavy atom. The molecule has 1 atom stereocenters. The van der Waals surface area contributed by atoms with E-state index in [-0.39, 0.29) is 18.2 Å². The van der Waals surface area contributed by atoms with Gasteiger partial charge in [-0.3, -0.25) is 9.59 Å². The number of anilines is 1. The average molecular weight is 482 g/mol. The maximum Gasteiger partial charge on any atom is 0.253 e. The van der Waals surface area contributed by atoms with Crippen molar-refractivity contribution in [1.82, 2.24) is 10.2 Å². The molecule has 1 fully saturated rings. The summed E-state index contributed by atoms with van der Waals surface area (Å²) < 4.78 is 0. The largest absolute Gasteiger partial charge is 0.367 e. The zero-order valence-electron chi connectivity index (χ0n) is 18.1. The highest BCUT2D eigenvalue weighted by Gasteiger charge is 2.26. The second-order valence-corrected chi connectivity index (χ2v) is 8.75. The molecule has 1 aliphatic heterocycles. The number of nitrogens with zero attached hydrogens (tertiary/aromatic N) is 2. The van der Waals surface area contributed by atoms with Crippen LogP contribution in [0, 0.1) is 0 Å². The van der Waals surface area contributed by atoms with Crippen LogP contribution in [-0.2, 0) is 4.79 Å². The van der Waals surface area contributed by atoms with Gasteiger partial charge in [-0.05, 0) is 29.8 Å². The van der Waals surface area contributed by atoms with Gasteiger partial charge in [0, 0.05) is 26.2 Å². The van der Waals surface area contributed by atoms with E-state index in [9.17, 15) is 9.59 Å². The Balaban J connectivity index is 1.43. The number of piperazine rings is 1. The summed E-state index contributed by atoms with van der Waals surface area (Å²) in [6.45, 7) is 2.61. The molecule has 0 aromatic heterocycles. The van der Waals surface area contributed by atoms with Crippen molar-refractivity contribution in [1.29, 1.82) is 0 Å². The number of nitrogens with one attached hydrogen (secondary N) is 1. The molecular formula is C26H25Cl2N3O2. The highest BCUT2D eigenvalue weighted by Crippen LogP contribution is 2.27. The van der Waals surface area contributed by atoms with Gasteiger partial charge in [0.2, 0.25) is 5.91 Å². The first-order valence-corrected chi connectivity index (χ1v) is 11.7. The van der Waals surface area contributed by atoms with Gasteiger partial charge < -0.3 is 15.1 Å². The molecule has 0 bridgehead atoms. The first kappa shape index (κ1) is 23.1. The fourth-order valence-corrected chi connectivity index (χ4v) is 4.50. The predicted molar refractivity (Wildman–Crippen MR) is 133 cm³/mol. The Morgan fingerprint density at radius 2 is 1.39 bits per heavy atom. The van der Waals surface area contributed by atoms with Crippen LogP contribution in [0.2, 0.25) is 10.0 Å². The first-order chi connectivity index (χ1) is 16.0. The second kappa shape index (κ2) is 10.7. The van der Waals surface area contributed by atoms with Crippen molar-refractivity contribution in [3.63, 3.8) is 0 Å². The van der Waals surface area contributed by atoms with E-state index in [2.05, 4.69) is 10.2 Å². The number of hydrogen-bond donors (Lipinski definition) is 1. The van der Waals surface area contributed by atoms with Crippen LogP contribution in [0.3, 0.4) is 0 Å². The van der Waals surface area contributed by atoms with Crippen LogP contribution in [0.15, 0.2) is 78.9 Å². The Bertz CT molecular complexity index is 1120. The molecule has 0 saturated carbocycles. The molecule has 2 amide bonds. The van der Waals surface area contributed by atoms with Gasteiger partial charge in [-0.1, -0.05) is 77.8 Å². The van der Waals surface area contributed by atoms with Gasteiger partial charge in [0.05, 0.1) is 33.8 Å². The lowest BCUT2D eigenvalue weighted by Crippen LogP contribution is -2.49. The molecule has 3 aromatic rings. The summed E-state index contributed by atoms with van der Waals surface area (Å²) in [5, 5.41) is 4.09. The average Bonchev–Trinajstić information content (AvgIpc) is 2.85. The van der Waals surface area contributed by atoms with Crippen molar-refractivity contribution in [2.24, 2.45) is 0 Å². The molecule has 1 N–H and O–H groups in total. The number of rotatable bonds is 6. The Hall–Kier alpha value is -3.02. The summed E-state index contributed by atoms with van der Waals surface area (Å²) in [4.78, 5) is 30.1. The van der Waals surface area contributed by atoms with E-state index in [1.807, 2.05) is 59.5 Å². The van der Waals surface area contributed by atoms with E-state index < -0.39 is 6.04 Å². The number of carbonyl (C=O) groups is 2. The van der Waals surface area contributed by atoms with Crippen LogP contribution in [0.25, 0.3) is 0 Å². The van der Waals surface area contributed by atoms with Crippen LogP contribution >= 0.6 is 23.2 Å². The first-order valence-electron chi connectivity index (χ1n) is 10.9. The van der Waals surface area contributed by atoms with Crippen molar-refractivity contribution in [2.75, 3.05) is 31.1 Å². The molecule has 3 aromatic carbocycles. The third-order valence-corrected chi connectivity index (χ3v) is 6.48. The molecule has 0 radical (unpaired) electrons. The van der Waals surface area contributed by atoms with Crippen LogP contribution < -0.4 is 10.2 Å². The van der Waals surface area contributed by atoms with E-state index in [0.717, 1.165) is 11.3 Å². The summed E-state index contributed by atoms with van der Waals surface area (Å²) in [7, 11) is 0. The maximum absolute atomic E-state index is 13.2. The Kier molecular flexibility index (Phi) is 7.53. The van der Waals surface area contributed by atoms with Gasteiger partial charge in [0.1, 0.15) is 0 Å². The Morgan fingerprint density at radius 1 is 0.788 bits per heavy atom. The van der Waals surface area contributed by atoms with Crippen molar-refractivity contribution < 1.29 is 9.59 Å².